The van der Waals surface area contributed by atoms with Crippen molar-refractivity contribution in [3.8, 4) is 0 Å². The van der Waals surface area contributed by atoms with Crippen LogP contribution >= 0.6 is 0 Å². The summed E-state index contributed by atoms with van der Waals surface area (Å²) < 4.78 is 16.1. The van der Waals surface area contributed by atoms with Crippen molar-refractivity contribution in [2.45, 2.75) is 36.7 Å². The van der Waals surface area contributed by atoms with Crippen LogP contribution in [0, 0.1) is 5.92 Å². The van der Waals surface area contributed by atoms with Crippen LogP contribution in [0.3, 0.4) is 0 Å². The lowest BCUT2D eigenvalue weighted by molar-refractivity contribution is -0.123. The molecule has 0 aromatic heterocycles. The summed E-state index contributed by atoms with van der Waals surface area (Å²) in [7, 11) is -2.84. The van der Waals surface area contributed by atoms with Crippen molar-refractivity contribution in [2.75, 3.05) is 16.3 Å². The van der Waals surface area contributed by atoms with Gasteiger partial charge in [-0.3, -0.25) is 9.59 Å². The van der Waals surface area contributed by atoms with Crippen molar-refractivity contribution in [2.24, 2.45) is 5.92 Å². The molecule has 0 radical (unpaired) electrons. The summed E-state index contributed by atoms with van der Waals surface area (Å²) in [4.78, 5) is 31.6. The molecule has 1 heterocycles. The fourth-order valence-corrected chi connectivity index (χ4v) is 6.29. The zero-order chi connectivity index (χ0) is 24.4. The minimum atomic E-state index is -2.84. The molecule has 180 valence electrons. The van der Waals surface area contributed by atoms with Crippen LogP contribution in [-0.4, -0.2) is 34.5 Å². The molecular weight excluding hydrogens is 458 g/mol. The second-order valence-electron chi connectivity index (χ2n) is 9.08. The summed E-state index contributed by atoms with van der Waals surface area (Å²) in [5.41, 5.74) is 2.47. The number of carbonyl (C=O) groups excluding carboxylic acids is 2. The van der Waals surface area contributed by atoms with Crippen molar-refractivity contribution in [3.05, 3.63) is 90.5 Å². The minimum Gasteiger partial charge on any atom is -0.306 e. The Bertz CT molecular complexity index is 1330. The van der Waals surface area contributed by atoms with E-state index in [0.717, 1.165) is 30.5 Å². The monoisotopic (exact) mass is 487 g/mol. The third kappa shape index (κ3) is 4.61. The number of hydrogen-bond donors (Lipinski definition) is 1. The summed E-state index contributed by atoms with van der Waals surface area (Å²) in [6, 6.07) is 26.2. The third-order valence-corrected chi connectivity index (χ3v) is 8.50. The first kappa shape index (κ1) is 23.3. The Balaban J connectivity index is 1.48. The summed E-state index contributed by atoms with van der Waals surface area (Å²) in [5, 5.41) is 0. The van der Waals surface area contributed by atoms with Crippen LogP contribution in [0.15, 0.2) is 89.8 Å². The highest BCUT2D eigenvalue weighted by atomic mass is 32.2. The molecule has 1 aliphatic heterocycles. The number of anilines is 2. The lowest BCUT2D eigenvalue weighted by Crippen LogP contribution is -2.48. The standard InChI is InChI=1S/C28H29N3O3S/c1-35(34,22-13-6-3-7-14-22)29-19-27(32)31-24-18-10-15-23(24)28(33)30(20-21-11-4-2-5-12-21)25-16-8-9-17-26(25)31/h2-9,11-14,16-17,23-24H,1,10,15,18-20H2,(H,29,34). The highest BCUT2D eigenvalue weighted by Gasteiger charge is 2.45. The van der Waals surface area contributed by atoms with Crippen molar-refractivity contribution < 1.29 is 13.8 Å². The molecule has 1 aliphatic carbocycles. The van der Waals surface area contributed by atoms with Gasteiger partial charge in [-0.2, -0.15) is 0 Å². The summed E-state index contributed by atoms with van der Waals surface area (Å²) >= 11 is 0. The van der Waals surface area contributed by atoms with Gasteiger partial charge in [0.2, 0.25) is 11.8 Å². The number of rotatable bonds is 6. The van der Waals surface area contributed by atoms with Crippen LogP contribution in [-0.2, 0) is 25.8 Å². The van der Waals surface area contributed by atoms with E-state index in [2.05, 4.69) is 10.6 Å². The number of nitrogens with one attached hydrogen (secondary N) is 1. The van der Waals surface area contributed by atoms with E-state index in [1.165, 1.54) is 0 Å². The first-order valence-electron chi connectivity index (χ1n) is 11.9. The largest absolute Gasteiger partial charge is 0.306 e. The van der Waals surface area contributed by atoms with Crippen molar-refractivity contribution in [1.82, 2.24) is 4.72 Å². The van der Waals surface area contributed by atoms with Gasteiger partial charge in [-0.25, -0.2) is 8.93 Å². The molecule has 35 heavy (non-hydrogen) atoms. The summed E-state index contributed by atoms with van der Waals surface area (Å²) in [6.07, 6.45) is 2.39. The van der Waals surface area contributed by atoms with E-state index in [9.17, 15) is 13.8 Å². The molecule has 3 aromatic rings. The van der Waals surface area contributed by atoms with Crippen molar-refractivity contribution in [3.63, 3.8) is 0 Å². The number of fused-ring (bicyclic) bond motifs is 2. The number of nitrogens with zero attached hydrogens (tertiary/aromatic N) is 2. The lowest BCUT2D eigenvalue weighted by atomic mass is 10.0. The number of carbonyl (C=O) groups is 2. The van der Waals surface area contributed by atoms with Gasteiger partial charge in [0.1, 0.15) is 0 Å². The molecule has 0 bridgehead atoms. The molecule has 3 aromatic carbocycles. The summed E-state index contributed by atoms with van der Waals surface area (Å²) in [5.74, 6) is 3.41. The molecule has 2 aliphatic rings. The Hall–Kier alpha value is -3.42. The minimum absolute atomic E-state index is 0.0531. The Morgan fingerprint density at radius 2 is 1.54 bits per heavy atom. The van der Waals surface area contributed by atoms with Gasteiger partial charge < -0.3 is 9.80 Å². The maximum absolute atomic E-state index is 13.8. The number of para-hydroxylation sites is 2. The van der Waals surface area contributed by atoms with Crippen LogP contribution in [0.2, 0.25) is 0 Å². The fourth-order valence-electron chi connectivity index (χ4n) is 5.17. The van der Waals surface area contributed by atoms with Gasteiger partial charge in [-0.15, -0.1) is 0 Å². The third-order valence-electron chi connectivity index (χ3n) is 6.86. The van der Waals surface area contributed by atoms with Crippen LogP contribution in [0.4, 0.5) is 11.4 Å². The molecule has 0 spiro atoms. The molecule has 5 rings (SSSR count). The first-order valence-corrected chi connectivity index (χ1v) is 13.6. The highest BCUT2D eigenvalue weighted by molar-refractivity contribution is 7.98. The molecule has 1 saturated carbocycles. The molecular formula is C28H29N3O3S. The molecule has 1 N–H and O–H groups in total. The Morgan fingerprint density at radius 3 is 2.26 bits per heavy atom. The van der Waals surface area contributed by atoms with E-state index in [-0.39, 0.29) is 30.3 Å². The topological polar surface area (TPSA) is 69.7 Å². The van der Waals surface area contributed by atoms with Gasteiger partial charge in [0.05, 0.1) is 40.1 Å². The van der Waals surface area contributed by atoms with E-state index in [1.807, 2.05) is 65.6 Å². The molecule has 3 atom stereocenters. The zero-order valence-electron chi connectivity index (χ0n) is 19.5. The second-order valence-corrected chi connectivity index (χ2v) is 11.2. The van der Waals surface area contributed by atoms with Crippen LogP contribution in [0.1, 0.15) is 24.8 Å². The van der Waals surface area contributed by atoms with Gasteiger partial charge in [-0.05, 0) is 48.5 Å². The maximum atomic E-state index is 13.8. The van der Waals surface area contributed by atoms with Crippen LogP contribution in [0.25, 0.3) is 0 Å². The predicted octanol–water partition coefficient (Wildman–Crippen LogP) is 4.02. The van der Waals surface area contributed by atoms with Crippen molar-refractivity contribution >= 4 is 38.8 Å². The van der Waals surface area contributed by atoms with E-state index >= 15 is 0 Å². The van der Waals surface area contributed by atoms with E-state index in [1.54, 1.807) is 29.2 Å². The highest BCUT2D eigenvalue weighted by Crippen LogP contribution is 2.43. The van der Waals surface area contributed by atoms with Crippen LogP contribution in [0.5, 0.6) is 0 Å². The van der Waals surface area contributed by atoms with Gasteiger partial charge in [0.25, 0.3) is 0 Å². The van der Waals surface area contributed by atoms with E-state index < -0.39 is 9.71 Å². The average molecular weight is 488 g/mol. The quantitative estimate of drug-likeness (QED) is 0.534. The molecule has 1 fully saturated rings. The zero-order valence-corrected chi connectivity index (χ0v) is 20.3. The molecule has 2 amide bonds. The van der Waals surface area contributed by atoms with Gasteiger partial charge >= 0.3 is 0 Å². The van der Waals surface area contributed by atoms with E-state index in [0.29, 0.717) is 17.1 Å². The van der Waals surface area contributed by atoms with Gasteiger partial charge in [-0.1, -0.05) is 67.1 Å². The molecule has 7 heteroatoms. The number of amides is 2. The fraction of sp³-hybridized carbons (Fsp3) is 0.250. The average Bonchev–Trinajstić information content (AvgIpc) is 3.34. The maximum Gasteiger partial charge on any atom is 0.242 e. The van der Waals surface area contributed by atoms with Gasteiger partial charge in [0.15, 0.2) is 0 Å². The predicted molar refractivity (Wildman–Crippen MR) is 141 cm³/mol. The number of benzene rings is 3. The molecule has 6 nitrogen and oxygen atoms in total. The SMILES string of the molecule is C=S(=O)(NCC(=O)N1c2ccccc2N(Cc2ccccc2)C(=O)C2CCCC21)c1ccccc1. The lowest BCUT2D eigenvalue weighted by Gasteiger charge is -2.31. The Morgan fingerprint density at radius 1 is 0.914 bits per heavy atom. The Kier molecular flexibility index (Phi) is 6.45. The van der Waals surface area contributed by atoms with Gasteiger partial charge in [0, 0.05) is 10.9 Å². The van der Waals surface area contributed by atoms with Crippen molar-refractivity contribution in [1.29, 1.82) is 0 Å². The smallest absolute Gasteiger partial charge is 0.242 e. The second kappa shape index (κ2) is 9.68. The first-order chi connectivity index (χ1) is 17.0. The molecule has 0 saturated heterocycles. The van der Waals surface area contributed by atoms with Crippen LogP contribution < -0.4 is 14.5 Å². The normalized spacial score (nSPS) is 21.1. The Labute approximate surface area is 206 Å². The summed E-state index contributed by atoms with van der Waals surface area (Å²) in [6.45, 7) is 0.308. The van der Waals surface area contributed by atoms with E-state index in [4.69, 9.17) is 0 Å². The number of hydrogen-bond acceptors (Lipinski definition) is 3. The molecule has 3 unspecified atom stereocenters.